The van der Waals surface area contributed by atoms with Crippen molar-refractivity contribution in [2.45, 2.75) is 98.0 Å². The number of carbonyl (C=O) groups is 1. The Morgan fingerprint density at radius 3 is 2.45 bits per heavy atom. The third-order valence-electron chi connectivity index (χ3n) is 12.6. The maximum Gasteiger partial charge on any atom is 0.310 e. The first-order chi connectivity index (χ1) is 15.4. The second-order valence-corrected chi connectivity index (χ2v) is 13.5. The van der Waals surface area contributed by atoms with E-state index >= 15 is 0 Å². The normalized spacial score (nSPS) is 53.8. The second kappa shape index (κ2) is 7.20. The average molecular weight is 457 g/mol. The molecule has 4 nitrogen and oxygen atoms in total. The quantitative estimate of drug-likeness (QED) is 0.463. The van der Waals surface area contributed by atoms with Gasteiger partial charge in [-0.25, -0.2) is 0 Å². The van der Waals surface area contributed by atoms with E-state index in [2.05, 4.69) is 40.3 Å². The first-order valence-corrected chi connectivity index (χ1v) is 13.3. The Kier molecular flexibility index (Phi) is 5.15. The highest BCUT2D eigenvalue weighted by Gasteiger charge is 2.69. The summed E-state index contributed by atoms with van der Waals surface area (Å²) < 4.78 is 0. The van der Waals surface area contributed by atoms with Crippen LogP contribution in [-0.4, -0.2) is 34.0 Å². The first kappa shape index (κ1) is 23.6. The molecule has 5 aliphatic rings. The summed E-state index contributed by atoms with van der Waals surface area (Å²) in [6.07, 6.45) is 11.0. The van der Waals surface area contributed by atoms with Crippen molar-refractivity contribution in [3.8, 4) is 0 Å². The lowest BCUT2D eigenvalue weighted by molar-refractivity contribution is -0.215. The minimum atomic E-state index is -0.624. The number of hydrogen-bond donors (Lipinski definition) is 3. The average Bonchev–Trinajstić information content (AvgIpc) is 2.77. The number of aliphatic hydroxyl groups excluding tert-OH is 2. The summed E-state index contributed by atoms with van der Waals surface area (Å²) in [7, 11) is 0. The predicted octanol–water partition coefficient (Wildman–Crippen LogP) is 5.74. The zero-order chi connectivity index (χ0) is 24.0. The molecule has 0 bridgehead atoms. The van der Waals surface area contributed by atoms with Crippen LogP contribution >= 0.6 is 0 Å². The van der Waals surface area contributed by atoms with E-state index in [4.69, 9.17) is 0 Å². The zero-order valence-corrected chi connectivity index (χ0v) is 21.1. The first-order valence-electron chi connectivity index (χ1n) is 13.3. The molecule has 5 rings (SSSR count). The molecule has 0 unspecified atom stereocenters. The lowest BCUT2D eigenvalue weighted by Gasteiger charge is -2.71. The standard InChI is InChI=1S/C29H44O4/c1-18-8-13-29(24(32)33)15-14-27(4)19(20(29)16-18)6-7-22-25(2)11-10-23(31)26(3,17-30)21(25)9-12-28(22,27)5/h6,20-23,30-31H,1,7-17H2,2-5H3,(H,32,33)/t20-,21-,22+,23-,25-,26-,27+,28+,29-/m0/s1. The third kappa shape index (κ3) is 2.74. The van der Waals surface area contributed by atoms with E-state index in [0.29, 0.717) is 11.8 Å². The minimum Gasteiger partial charge on any atom is -0.481 e. The fourth-order valence-corrected chi connectivity index (χ4v) is 10.2. The van der Waals surface area contributed by atoms with Gasteiger partial charge in [0, 0.05) is 11.3 Å². The molecule has 0 aromatic heterocycles. The minimum absolute atomic E-state index is 0.00316. The van der Waals surface area contributed by atoms with Crippen molar-refractivity contribution in [2.75, 3.05) is 6.61 Å². The number of allylic oxidation sites excluding steroid dienone is 3. The molecular weight excluding hydrogens is 412 g/mol. The van der Waals surface area contributed by atoms with Crippen molar-refractivity contribution in [3.63, 3.8) is 0 Å². The summed E-state index contributed by atoms with van der Waals surface area (Å²) >= 11 is 0. The summed E-state index contributed by atoms with van der Waals surface area (Å²) in [5.74, 6) is 0.270. The number of aliphatic hydroxyl groups is 2. The molecule has 0 aliphatic heterocycles. The van der Waals surface area contributed by atoms with Gasteiger partial charge in [0.05, 0.1) is 18.1 Å². The summed E-state index contributed by atoms with van der Waals surface area (Å²) in [4.78, 5) is 12.6. The van der Waals surface area contributed by atoms with Crippen molar-refractivity contribution >= 4 is 5.97 Å². The smallest absolute Gasteiger partial charge is 0.310 e. The second-order valence-electron chi connectivity index (χ2n) is 13.5. The van der Waals surface area contributed by atoms with E-state index in [-0.39, 0.29) is 28.8 Å². The van der Waals surface area contributed by atoms with Gasteiger partial charge < -0.3 is 15.3 Å². The van der Waals surface area contributed by atoms with Crippen molar-refractivity contribution in [1.82, 2.24) is 0 Å². The monoisotopic (exact) mass is 456 g/mol. The van der Waals surface area contributed by atoms with Gasteiger partial charge in [-0.1, -0.05) is 51.5 Å². The van der Waals surface area contributed by atoms with E-state index < -0.39 is 22.9 Å². The van der Waals surface area contributed by atoms with Gasteiger partial charge in [0.25, 0.3) is 0 Å². The molecule has 4 saturated carbocycles. The van der Waals surface area contributed by atoms with Crippen LogP contribution in [-0.2, 0) is 4.79 Å². The van der Waals surface area contributed by atoms with Crippen LogP contribution in [0, 0.1) is 44.8 Å². The molecule has 5 aliphatic carbocycles. The molecule has 9 atom stereocenters. The molecule has 0 amide bonds. The van der Waals surface area contributed by atoms with Crippen LogP contribution in [0.15, 0.2) is 23.8 Å². The van der Waals surface area contributed by atoms with Crippen LogP contribution in [0.5, 0.6) is 0 Å². The maximum absolute atomic E-state index is 12.6. The Labute approximate surface area is 199 Å². The van der Waals surface area contributed by atoms with Gasteiger partial charge in [0.15, 0.2) is 0 Å². The topological polar surface area (TPSA) is 77.8 Å². The highest BCUT2D eigenvalue weighted by Crippen LogP contribution is 2.75. The fourth-order valence-electron chi connectivity index (χ4n) is 10.2. The Hall–Kier alpha value is -1.13. The number of rotatable bonds is 2. The van der Waals surface area contributed by atoms with E-state index in [9.17, 15) is 20.1 Å². The van der Waals surface area contributed by atoms with Crippen LogP contribution in [0.4, 0.5) is 0 Å². The molecule has 0 spiro atoms. The van der Waals surface area contributed by atoms with Crippen LogP contribution in [0.2, 0.25) is 0 Å². The van der Waals surface area contributed by atoms with Crippen LogP contribution in [0.25, 0.3) is 0 Å². The van der Waals surface area contributed by atoms with Crippen LogP contribution in [0.3, 0.4) is 0 Å². The van der Waals surface area contributed by atoms with E-state index in [1.54, 1.807) is 0 Å². The Bertz CT molecular complexity index is 907. The molecule has 0 aromatic rings. The summed E-state index contributed by atoms with van der Waals surface area (Å²) in [5, 5.41) is 31.6. The maximum atomic E-state index is 12.6. The number of hydrogen-bond acceptors (Lipinski definition) is 3. The summed E-state index contributed by atoms with van der Waals surface area (Å²) in [6, 6.07) is 0. The van der Waals surface area contributed by atoms with Crippen LogP contribution in [0.1, 0.15) is 91.9 Å². The molecule has 3 N–H and O–H groups in total. The third-order valence-corrected chi connectivity index (χ3v) is 12.6. The van der Waals surface area contributed by atoms with Gasteiger partial charge in [0.1, 0.15) is 0 Å². The molecule has 33 heavy (non-hydrogen) atoms. The summed E-state index contributed by atoms with van der Waals surface area (Å²) in [6.45, 7) is 13.8. The Balaban J connectivity index is 1.59. The van der Waals surface area contributed by atoms with Gasteiger partial charge in [-0.3, -0.25) is 4.79 Å². The highest BCUT2D eigenvalue weighted by molar-refractivity contribution is 5.77. The van der Waals surface area contributed by atoms with Gasteiger partial charge in [-0.2, -0.15) is 0 Å². The lowest BCUT2D eigenvalue weighted by atomic mass is 9.34. The van der Waals surface area contributed by atoms with Gasteiger partial charge >= 0.3 is 5.97 Å². The SMILES string of the molecule is C=C1CC[C@]2(C(=O)O)CC[C@]3(C)C(=CC[C@@H]4[C@@]5(C)CC[C@H](O)[C@@](C)(CO)[C@H]5CC[C@]43C)[C@@H]2C1. The Morgan fingerprint density at radius 2 is 1.79 bits per heavy atom. The molecule has 0 heterocycles. The molecule has 4 fully saturated rings. The largest absolute Gasteiger partial charge is 0.481 e. The number of fused-ring (bicyclic) bond motifs is 7. The number of carboxylic acids is 1. The highest BCUT2D eigenvalue weighted by atomic mass is 16.4. The van der Waals surface area contributed by atoms with Crippen molar-refractivity contribution in [3.05, 3.63) is 23.8 Å². The lowest BCUT2D eigenvalue weighted by Crippen LogP contribution is -2.65. The predicted molar refractivity (Wildman–Crippen MR) is 129 cm³/mol. The van der Waals surface area contributed by atoms with Gasteiger partial charge in [0.2, 0.25) is 0 Å². The van der Waals surface area contributed by atoms with Gasteiger partial charge in [-0.05, 0) is 92.3 Å². The summed E-state index contributed by atoms with van der Waals surface area (Å²) in [5.41, 5.74) is 1.74. The van der Waals surface area contributed by atoms with Crippen molar-refractivity contribution in [1.29, 1.82) is 0 Å². The van der Waals surface area contributed by atoms with Crippen molar-refractivity contribution < 1.29 is 20.1 Å². The molecule has 0 saturated heterocycles. The molecule has 4 heteroatoms. The molecule has 0 aromatic carbocycles. The number of aliphatic carboxylic acids is 1. The van der Waals surface area contributed by atoms with Crippen LogP contribution < -0.4 is 0 Å². The van der Waals surface area contributed by atoms with Crippen molar-refractivity contribution in [2.24, 2.45) is 44.8 Å². The zero-order valence-electron chi connectivity index (χ0n) is 21.1. The molecule has 0 radical (unpaired) electrons. The molecular formula is C29H44O4. The van der Waals surface area contributed by atoms with Gasteiger partial charge in [-0.15, -0.1) is 0 Å². The Morgan fingerprint density at radius 1 is 1.06 bits per heavy atom. The van der Waals surface area contributed by atoms with E-state index in [1.807, 2.05) is 0 Å². The number of carboxylic acid groups (broad SMARTS) is 1. The van der Waals surface area contributed by atoms with E-state index in [1.165, 1.54) is 11.1 Å². The molecule has 184 valence electrons. The van der Waals surface area contributed by atoms with E-state index in [0.717, 1.165) is 64.2 Å². The fraction of sp³-hybridized carbons (Fsp3) is 0.828.